The molecule has 0 aliphatic rings. The summed E-state index contributed by atoms with van der Waals surface area (Å²) in [5.41, 5.74) is 2.84. The standard InChI is InChI=1S/C38H43N4O7PS6/c1-3-5-21-51-37-39-31-19-17-29(25-33(31)53-37)55(44,45)41-35(23-27-13-9-7-10-14-27)48-50(43)49-36(24-28-15-11-8-12-16-28)42-56(46,47)30-18-20-32-34(26-30)54-38(40-32)52-22-6-4-2/h7-20,25-26,35-36,41-42,50H,3-6,21-24H2,1-2H3. The van der Waals surface area contributed by atoms with Crippen molar-refractivity contribution in [2.75, 3.05) is 11.5 Å². The van der Waals surface area contributed by atoms with Crippen LogP contribution in [-0.2, 0) is 46.5 Å². The van der Waals surface area contributed by atoms with E-state index >= 15 is 0 Å². The first-order valence-corrected chi connectivity index (χ1v) is 25.9. The van der Waals surface area contributed by atoms with Gasteiger partial charge in [0.1, 0.15) is 12.5 Å². The van der Waals surface area contributed by atoms with E-state index in [-0.39, 0.29) is 22.6 Å². The van der Waals surface area contributed by atoms with E-state index in [1.807, 2.05) is 12.1 Å². The van der Waals surface area contributed by atoms with Gasteiger partial charge in [-0.1, -0.05) is 111 Å². The van der Waals surface area contributed by atoms with Gasteiger partial charge < -0.3 is 0 Å². The molecule has 298 valence electrons. The van der Waals surface area contributed by atoms with Crippen molar-refractivity contribution in [3.63, 3.8) is 0 Å². The number of hydrogen-bond acceptors (Lipinski definition) is 13. The van der Waals surface area contributed by atoms with Crippen molar-refractivity contribution >= 4 is 94.9 Å². The molecule has 4 aromatic carbocycles. The van der Waals surface area contributed by atoms with Crippen LogP contribution in [0, 0.1) is 0 Å². The number of nitrogens with zero attached hydrogens (tertiary/aromatic N) is 2. The lowest BCUT2D eigenvalue weighted by molar-refractivity contribution is 0.119. The summed E-state index contributed by atoms with van der Waals surface area (Å²) < 4.78 is 88.9. The second kappa shape index (κ2) is 20.3. The van der Waals surface area contributed by atoms with Gasteiger partial charge in [-0.05, 0) is 60.4 Å². The molecule has 56 heavy (non-hydrogen) atoms. The number of sulfonamides is 2. The fourth-order valence-electron chi connectivity index (χ4n) is 5.45. The van der Waals surface area contributed by atoms with Gasteiger partial charge in [0.25, 0.3) is 0 Å². The molecule has 0 aliphatic heterocycles. The highest BCUT2D eigenvalue weighted by Gasteiger charge is 2.28. The predicted octanol–water partition coefficient (Wildman–Crippen LogP) is 9.51. The van der Waals surface area contributed by atoms with Gasteiger partial charge in [0.2, 0.25) is 20.0 Å². The van der Waals surface area contributed by atoms with Crippen molar-refractivity contribution in [3.8, 4) is 0 Å². The van der Waals surface area contributed by atoms with Crippen molar-refractivity contribution in [1.82, 2.24) is 19.4 Å². The summed E-state index contributed by atoms with van der Waals surface area (Å²) in [7, 11) is -11.9. The highest BCUT2D eigenvalue weighted by molar-refractivity contribution is 8.01. The molecule has 6 rings (SSSR count). The van der Waals surface area contributed by atoms with Crippen molar-refractivity contribution in [2.45, 2.75) is 83.3 Å². The average molecular weight is 891 g/mol. The minimum absolute atomic E-state index is 0.000284. The van der Waals surface area contributed by atoms with Gasteiger partial charge in [0, 0.05) is 24.3 Å². The topological polar surface area (TPSA) is 154 Å². The van der Waals surface area contributed by atoms with Crippen LogP contribution in [0.25, 0.3) is 20.4 Å². The van der Waals surface area contributed by atoms with Gasteiger partial charge in [0.15, 0.2) is 8.68 Å². The molecule has 2 atom stereocenters. The van der Waals surface area contributed by atoms with E-state index in [2.05, 4.69) is 33.3 Å². The molecule has 0 spiro atoms. The van der Waals surface area contributed by atoms with Gasteiger partial charge in [-0.25, -0.2) is 26.8 Å². The van der Waals surface area contributed by atoms with Crippen molar-refractivity contribution < 1.29 is 30.4 Å². The zero-order valence-electron chi connectivity index (χ0n) is 30.8. The number of thioether (sulfide) groups is 2. The monoisotopic (exact) mass is 890 g/mol. The second-order valence-electron chi connectivity index (χ2n) is 12.7. The van der Waals surface area contributed by atoms with E-state index in [1.165, 1.54) is 34.8 Å². The third-order valence-corrected chi connectivity index (χ3v) is 16.7. The lowest BCUT2D eigenvalue weighted by atomic mass is 10.1. The number of unbranched alkanes of at least 4 members (excludes halogenated alkanes) is 2. The number of fused-ring (bicyclic) bond motifs is 2. The highest BCUT2D eigenvalue weighted by Crippen LogP contribution is 2.35. The third-order valence-electron chi connectivity index (χ3n) is 8.33. The average Bonchev–Trinajstić information content (AvgIpc) is 3.78. The summed E-state index contributed by atoms with van der Waals surface area (Å²) in [5.74, 6) is 1.86. The molecule has 2 aromatic heterocycles. The predicted molar refractivity (Wildman–Crippen MR) is 230 cm³/mol. The van der Waals surface area contributed by atoms with Gasteiger partial charge in [-0.15, -0.1) is 22.7 Å². The third kappa shape index (κ3) is 12.2. The van der Waals surface area contributed by atoms with Gasteiger partial charge >= 0.3 is 8.25 Å². The largest absolute Gasteiger partial charge is 0.322 e. The van der Waals surface area contributed by atoms with Crippen LogP contribution in [0.4, 0.5) is 0 Å². The first-order chi connectivity index (χ1) is 27.0. The number of benzene rings is 4. The molecule has 2 N–H and O–H groups in total. The molecule has 0 saturated carbocycles. The minimum Gasteiger partial charge on any atom is -0.290 e. The zero-order chi connectivity index (χ0) is 39.5. The molecule has 11 nitrogen and oxygen atoms in total. The van der Waals surface area contributed by atoms with E-state index < -0.39 is 40.8 Å². The summed E-state index contributed by atoms with van der Waals surface area (Å²) in [4.78, 5) is 9.26. The van der Waals surface area contributed by atoms with Crippen molar-refractivity contribution in [1.29, 1.82) is 0 Å². The Morgan fingerprint density at radius 1 is 0.643 bits per heavy atom. The second-order valence-corrected chi connectivity index (χ2v) is 21.9. The maximum atomic E-state index is 13.8. The SMILES string of the molecule is CCCCSc1nc2ccc(S(=O)(=O)NC(Cc3ccccc3)O[PH](=O)OC(Cc3ccccc3)NS(=O)(=O)c3ccc4nc(SCCCC)sc4c3)cc2s1. The molecule has 0 aliphatic carbocycles. The Hall–Kier alpha value is -2.67. The van der Waals surface area contributed by atoms with Crippen LogP contribution in [0.3, 0.4) is 0 Å². The zero-order valence-corrected chi connectivity index (χ0v) is 36.6. The van der Waals surface area contributed by atoms with Crippen LogP contribution in [0.2, 0.25) is 0 Å². The maximum absolute atomic E-state index is 13.8. The van der Waals surface area contributed by atoms with Gasteiger partial charge in [-0.3, -0.25) is 13.6 Å². The molecule has 0 radical (unpaired) electrons. The van der Waals surface area contributed by atoms with Gasteiger partial charge in [-0.2, -0.15) is 9.44 Å². The Balaban J connectivity index is 1.20. The van der Waals surface area contributed by atoms with Crippen LogP contribution in [0.5, 0.6) is 0 Å². The number of rotatable bonds is 22. The molecule has 0 amide bonds. The maximum Gasteiger partial charge on any atom is 0.322 e. The van der Waals surface area contributed by atoms with Crippen molar-refractivity contribution in [2.24, 2.45) is 0 Å². The minimum atomic E-state index is -4.19. The molecule has 18 heteroatoms. The quantitative estimate of drug-likeness (QED) is 0.0290. The Bertz CT molecular complexity index is 2280. The first-order valence-electron chi connectivity index (χ1n) is 18.1. The molecule has 0 saturated heterocycles. The lowest BCUT2D eigenvalue weighted by Gasteiger charge is -2.23. The number of thiazole rings is 2. The van der Waals surface area contributed by atoms with E-state index in [1.54, 1.807) is 96.3 Å². The first kappa shape index (κ1) is 42.9. The van der Waals surface area contributed by atoms with E-state index in [4.69, 9.17) is 9.05 Å². The van der Waals surface area contributed by atoms with Crippen LogP contribution >= 0.6 is 54.5 Å². The van der Waals surface area contributed by atoms with Gasteiger partial charge in [0.05, 0.1) is 30.2 Å². The number of nitrogens with one attached hydrogen (secondary N) is 2. The van der Waals surface area contributed by atoms with Crippen LogP contribution in [-0.4, -0.2) is 50.8 Å². The highest BCUT2D eigenvalue weighted by atomic mass is 32.2. The van der Waals surface area contributed by atoms with Crippen LogP contribution in [0.15, 0.2) is 116 Å². The van der Waals surface area contributed by atoms with Crippen LogP contribution < -0.4 is 9.44 Å². The summed E-state index contributed by atoms with van der Waals surface area (Å²) in [5, 5.41) is 0. The molecule has 0 bridgehead atoms. The molecular formula is C38H43N4O7PS6. The summed E-state index contributed by atoms with van der Waals surface area (Å²) >= 11 is 6.15. The van der Waals surface area contributed by atoms with E-state index in [0.717, 1.165) is 55.3 Å². The number of hydrogen-bond donors (Lipinski definition) is 2. The van der Waals surface area contributed by atoms with E-state index in [9.17, 15) is 21.4 Å². The summed E-state index contributed by atoms with van der Waals surface area (Å²) in [6, 6.07) is 27.5. The Morgan fingerprint density at radius 2 is 1.05 bits per heavy atom. The summed E-state index contributed by atoms with van der Waals surface area (Å²) in [6.45, 7) is 4.25. The Kier molecular flexibility index (Phi) is 15.6. The molecule has 2 unspecified atom stereocenters. The summed E-state index contributed by atoms with van der Waals surface area (Å²) in [6.07, 6.45) is 1.65. The Labute approximate surface area is 345 Å². The molecule has 6 aromatic rings. The molecular weight excluding hydrogens is 848 g/mol. The molecule has 0 fully saturated rings. The number of aromatic nitrogens is 2. The van der Waals surface area contributed by atoms with Crippen molar-refractivity contribution in [3.05, 3.63) is 108 Å². The lowest BCUT2D eigenvalue weighted by Crippen LogP contribution is -2.39. The normalized spacial score (nSPS) is 14.0. The molecule has 2 heterocycles. The smallest absolute Gasteiger partial charge is 0.290 e. The Morgan fingerprint density at radius 3 is 1.45 bits per heavy atom. The fourth-order valence-corrected chi connectivity index (χ4v) is 13.4. The van der Waals surface area contributed by atoms with Crippen LogP contribution in [0.1, 0.15) is 50.7 Å². The van der Waals surface area contributed by atoms with E-state index in [0.29, 0.717) is 22.2 Å². The fraction of sp³-hybridized carbons (Fsp3) is 0.316.